The molecule has 0 saturated heterocycles. The molecule has 3 heteroatoms. The van der Waals surface area contributed by atoms with Gasteiger partial charge in [0, 0.05) is 11.6 Å². The van der Waals surface area contributed by atoms with Gasteiger partial charge in [-0.15, -0.1) is 0 Å². The number of aromatic nitrogens is 2. The van der Waals surface area contributed by atoms with Crippen LogP contribution in [0.25, 0.3) is 5.69 Å². The summed E-state index contributed by atoms with van der Waals surface area (Å²) in [5.74, 6) is 1.47. The molecule has 0 fully saturated rings. The summed E-state index contributed by atoms with van der Waals surface area (Å²) in [6, 6.07) is 19.4. The van der Waals surface area contributed by atoms with Crippen LogP contribution >= 0.6 is 0 Å². The van der Waals surface area contributed by atoms with Gasteiger partial charge < -0.3 is 4.57 Å². The summed E-state index contributed by atoms with van der Waals surface area (Å²) < 4.78 is 15.5. The highest BCUT2D eigenvalue weighted by Crippen LogP contribution is 2.39. The monoisotopic (exact) mass is 691 g/mol. The van der Waals surface area contributed by atoms with Crippen LogP contribution in [0.3, 0.4) is 0 Å². The number of fused-ring (bicyclic) bond motifs is 1. The van der Waals surface area contributed by atoms with Gasteiger partial charge >= 0.3 is 0 Å². The summed E-state index contributed by atoms with van der Waals surface area (Å²) in [5, 5.41) is 0. The summed E-state index contributed by atoms with van der Waals surface area (Å²) in [5.41, 5.74) is 12.3. The molecule has 1 atom stereocenters. The van der Waals surface area contributed by atoms with E-state index < -0.39 is 0 Å². The topological polar surface area (TPSA) is 17.8 Å². The maximum Gasteiger partial charge on any atom is 0.126 e. The number of imidazole rings is 1. The van der Waals surface area contributed by atoms with E-state index in [0.29, 0.717) is 5.92 Å². The Morgan fingerprint density at radius 3 is 1.64 bits per heavy atom. The third-order valence-corrected chi connectivity index (χ3v) is 8.04. The van der Waals surface area contributed by atoms with Crippen molar-refractivity contribution in [3.8, 4) is 5.69 Å². The van der Waals surface area contributed by atoms with Crippen molar-refractivity contribution in [2.24, 2.45) is 0 Å². The normalized spacial score (nSPS) is 11.8. The zero-order valence-corrected chi connectivity index (χ0v) is 36.3. The Hall–Kier alpha value is -3.20. The average Bonchev–Trinajstić information content (AvgIpc) is 3.50. The van der Waals surface area contributed by atoms with Crippen molar-refractivity contribution in [2.75, 3.05) is 0 Å². The first-order chi connectivity index (χ1) is 24.1. The quantitative estimate of drug-likeness (QED) is 0.208. The molecule has 0 amide bonds. The van der Waals surface area contributed by atoms with Crippen molar-refractivity contribution in [1.29, 1.82) is 0 Å². The Kier molecular flexibility index (Phi) is 31.3. The van der Waals surface area contributed by atoms with Crippen molar-refractivity contribution >= 4 is 0 Å². The van der Waals surface area contributed by atoms with Gasteiger partial charge in [0.2, 0.25) is 0 Å². The summed E-state index contributed by atoms with van der Waals surface area (Å²) in [7, 11) is 0. The zero-order chi connectivity index (χ0) is 39.4. The molecule has 0 bridgehead atoms. The number of unbranched alkanes of at least 4 members (excludes halogenated alkanes) is 1. The van der Waals surface area contributed by atoms with Gasteiger partial charge in [0.25, 0.3) is 0 Å². The fraction of sp³-hybridized carbons (Fsp3) is 0.553. The van der Waals surface area contributed by atoms with Crippen LogP contribution in [0.1, 0.15) is 178 Å². The smallest absolute Gasteiger partial charge is 0.126 e. The lowest BCUT2D eigenvalue weighted by atomic mass is 9.83. The zero-order valence-electron chi connectivity index (χ0n) is 36.3. The van der Waals surface area contributed by atoms with Crippen LogP contribution in [-0.2, 0) is 12.8 Å². The Bertz CT molecular complexity index is 1370. The second-order valence-corrected chi connectivity index (χ2v) is 11.3. The number of benzene rings is 3. The van der Waals surface area contributed by atoms with Gasteiger partial charge in [-0.1, -0.05) is 145 Å². The van der Waals surface area contributed by atoms with E-state index in [2.05, 4.69) is 88.6 Å². The maximum absolute atomic E-state index is 13.1. The molecule has 1 heterocycles. The molecule has 1 unspecified atom stereocenters. The summed E-state index contributed by atoms with van der Waals surface area (Å²) in [4.78, 5) is 4.93. The van der Waals surface area contributed by atoms with Crippen molar-refractivity contribution in [2.45, 2.75) is 176 Å². The Labute approximate surface area is 311 Å². The number of halogens is 1. The first-order valence-electron chi connectivity index (χ1n) is 20.1. The fourth-order valence-corrected chi connectivity index (χ4v) is 5.48. The van der Waals surface area contributed by atoms with E-state index in [-0.39, 0.29) is 5.82 Å². The van der Waals surface area contributed by atoms with E-state index in [4.69, 9.17) is 4.98 Å². The molecule has 0 aliphatic heterocycles. The van der Waals surface area contributed by atoms with E-state index >= 15 is 0 Å². The fourth-order valence-electron chi connectivity index (χ4n) is 5.48. The molecule has 284 valence electrons. The number of aryl methyl sites for hydroxylation is 7. The molecule has 0 saturated carbocycles. The number of hydrogen-bond acceptors (Lipinski definition) is 1. The van der Waals surface area contributed by atoms with Crippen molar-refractivity contribution < 1.29 is 4.39 Å². The summed E-state index contributed by atoms with van der Waals surface area (Å²) in [6.07, 6.45) is 6.93. The molecule has 4 aromatic rings. The van der Waals surface area contributed by atoms with Crippen LogP contribution in [0.5, 0.6) is 0 Å². The second-order valence-electron chi connectivity index (χ2n) is 11.3. The second kappa shape index (κ2) is 30.6. The lowest BCUT2D eigenvalue weighted by Crippen LogP contribution is -2.15. The molecule has 50 heavy (non-hydrogen) atoms. The van der Waals surface area contributed by atoms with Gasteiger partial charge in [0.1, 0.15) is 11.6 Å². The third kappa shape index (κ3) is 16.2. The van der Waals surface area contributed by atoms with E-state index in [1.165, 1.54) is 65.0 Å². The molecule has 0 N–H and O–H groups in total. The number of nitrogens with zero attached hydrogens (tertiary/aromatic N) is 2. The molecule has 0 spiro atoms. The molecular formula is C47H79FN2. The van der Waals surface area contributed by atoms with Crippen LogP contribution in [0, 0.1) is 47.4 Å². The van der Waals surface area contributed by atoms with Crippen LogP contribution in [0.15, 0.2) is 54.6 Å². The van der Waals surface area contributed by atoms with Crippen LogP contribution in [-0.4, -0.2) is 9.55 Å². The Balaban J connectivity index is -0.000000739. The van der Waals surface area contributed by atoms with Crippen LogP contribution in [0.2, 0.25) is 0 Å². The molecule has 1 aliphatic carbocycles. The highest BCUT2D eigenvalue weighted by Gasteiger charge is 2.28. The summed E-state index contributed by atoms with van der Waals surface area (Å²) >= 11 is 0. The largest absolute Gasteiger partial charge is 0.300 e. The molecule has 5 rings (SSSR count). The van der Waals surface area contributed by atoms with E-state index in [1.807, 2.05) is 96.1 Å². The van der Waals surface area contributed by atoms with Gasteiger partial charge in [-0.05, 0) is 119 Å². The van der Waals surface area contributed by atoms with E-state index in [0.717, 1.165) is 35.4 Å². The summed E-state index contributed by atoms with van der Waals surface area (Å²) in [6.45, 7) is 38.9. The Morgan fingerprint density at radius 1 is 0.640 bits per heavy atom. The van der Waals surface area contributed by atoms with Gasteiger partial charge in [-0.25, -0.2) is 9.37 Å². The van der Waals surface area contributed by atoms with E-state index in [9.17, 15) is 4.39 Å². The first kappa shape index (κ1) is 51.2. The minimum absolute atomic E-state index is 0.0648. The molecular weight excluding hydrogens is 612 g/mol. The van der Waals surface area contributed by atoms with Crippen molar-refractivity contribution in [3.63, 3.8) is 0 Å². The minimum atomic E-state index is -0.0648. The van der Waals surface area contributed by atoms with Gasteiger partial charge in [-0.3, -0.25) is 0 Å². The lowest BCUT2D eigenvalue weighted by molar-refractivity contribution is 0.588. The molecule has 0 radical (unpaired) electrons. The van der Waals surface area contributed by atoms with Gasteiger partial charge in [0.05, 0.1) is 11.4 Å². The SMILES string of the molecule is CC.CC.CC.CC.CC.CCCC.CCc1c(C)cc(C)cc1F.Cc1ccc(-n2c(C)nc3c2C(c2ccc(C)c(C)c2)CCC3)cc1. The maximum atomic E-state index is 13.1. The standard InChI is InChI=1S/C23H26N2.C10H13F.C4H10.5C2H6/c1-15-8-12-20(13-9-15)25-18(4)24-22-7-5-6-21(23(22)25)19-11-10-16(2)17(3)14-19;1-4-9-8(3)5-7(2)6-10(9)11;1-3-4-2;5*1-2/h8-14,21H,5-7H2,1-4H3;5-6H,4H2,1-3H3;3-4H2,1-2H3;5*1-2H3. The van der Waals surface area contributed by atoms with Gasteiger partial charge in [0.15, 0.2) is 0 Å². The molecule has 2 nitrogen and oxygen atoms in total. The third-order valence-electron chi connectivity index (χ3n) is 8.04. The molecule has 1 aromatic heterocycles. The first-order valence-corrected chi connectivity index (χ1v) is 20.1. The highest BCUT2D eigenvalue weighted by molar-refractivity contribution is 5.45. The predicted molar refractivity (Wildman–Crippen MR) is 226 cm³/mol. The van der Waals surface area contributed by atoms with Crippen LogP contribution < -0.4 is 0 Å². The predicted octanol–water partition coefficient (Wildman–Crippen LogP) is 15.5. The number of hydrogen-bond donors (Lipinski definition) is 0. The number of rotatable bonds is 4. The van der Waals surface area contributed by atoms with Gasteiger partial charge in [-0.2, -0.15) is 0 Å². The molecule has 1 aliphatic rings. The molecule has 3 aromatic carbocycles. The van der Waals surface area contributed by atoms with Crippen molar-refractivity contribution in [3.05, 3.63) is 117 Å². The van der Waals surface area contributed by atoms with Crippen LogP contribution in [0.4, 0.5) is 4.39 Å². The minimum Gasteiger partial charge on any atom is -0.300 e. The highest BCUT2D eigenvalue weighted by atomic mass is 19.1. The van der Waals surface area contributed by atoms with Crippen molar-refractivity contribution in [1.82, 2.24) is 9.55 Å². The Morgan fingerprint density at radius 2 is 1.18 bits per heavy atom. The lowest BCUT2D eigenvalue weighted by Gasteiger charge is -2.26. The average molecular weight is 691 g/mol. The van der Waals surface area contributed by atoms with E-state index in [1.54, 1.807) is 6.07 Å².